The van der Waals surface area contributed by atoms with Gasteiger partial charge in [0.15, 0.2) is 0 Å². The normalized spacial score (nSPS) is 13.8. The molecule has 4 rings (SSSR count). The molecule has 1 aliphatic rings. The Balaban J connectivity index is 1.35. The second-order valence-corrected chi connectivity index (χ2v) is 7.94. The van der Waals surface area contributed by atoms with E-state index in [4.69, 9.17) is 4.74 Å². The Hall–Kier alpha value is -3.68. The molecular formula is C24H26N4O4. The molecule has 1 saturated carbocycles. The molecule has 1 N–H and O–H groups in total. The van der Waals surface area contributed by atoms with Crippen molar-refractivity contribution in [3.05, 3.63) is 92.9 Å². The number of amides is 1. The Morgan fingerprint density at radius 3 is 2.53 bits per heavy atom. The van der Waals surface area contributed by atoms with Crippen molar-refractivity contribution in [3.63, 3.8) is 0 Å². The van der Waals surface area contributed by atoms with E-state index in [9.17, 15) is 14.4 Å². The second kappa shape index (κ2) is 10.1. The number of nitrogens with zero attached hydrogens (tertiary/aromatic N) is 3. The molecule has 32 heavy (non-hydrogen) atoms. The van der Waals surface area contributed by atoms with Crippen molar-refractivity contribution >= 4 is 5.91 Å². The first kappa shape index (κ1) is 21.5. The zero-order chi connectivity index (χ0) is 22.3. The first-order valence-corrected chi connectivity index (χ1v) is 10.8. The quantitative estimate of drug-likeness (QED) is 0.586. The molecule has 1 fully saturated rings. The van der Waals surface area contributed by atoms with E-state index >= 15 is 0 Å². The topological polar surface area (TPSA) is 95.2 Å². The number of carbonyl (C=O) groups excluding carboxylic acids is 1. The van der Waals surface area contributed by atoms with Crippen LogP contribution in [0, 0.1) is 0 Å². The zero-order valence-electron chi connectivity index (χ0n) is 17.8. The summed E-state index contributed by atoms with van der Waals surface area (Å²) in [5.74, 6) is 0.162. The van der Waals surface area contributed by atoms with Gasteiger partial charge in [0.25, 0.3) is 5.56 Å². The van der Waals surface area contributed by atoms with Crippen LogP contribution >= 0.6 is 0 Å². The van der Waals surface area contributed by atoms with Crippen molar-refractivity contribution < 1.29 is 9.53 Å². The molecule has 1 aromatic carbocycles. The summed E-state index contributed by atoms with van der Waals surface area (Å²) in [6.07, 6.45) is 7.85. The van der Waals surface area contributed by atoms with E-state index in [1.165, 1.54) is 29.7 Å². The number of ether oxygens (including phenoxy) is 1. The molecule has 2 heterocycles. The summed E-state index contributed by atoms with van der Waals surface area (Å²) in [4.78, 5) is 41.6. The fraction of sp³-hybridized carbons (Fsp3) is 0.333. The minimum atomic E-state index is -0.522. The van der Waals surface area contributed by atoms with Gasteiger partial charge in [-0.25, -0.2) is 9.78 Å². The molecule has 3 aromatic rings. The summed E-state index contributed by atoms with van der Waals surface area (Å²) in [7, 11) is 0. The molecule has 0 bridgehead atoms. The maximum Gasteiger partial charge on any atom is 0.331 e. The summed E-state index contributed by atoms with van der Waals surface area (Å²) < 4.78 is 8.19. The van der Waals surface area contributed by atoms with Crippen molar-refractivity contribution in [2.24, 2.45) is 0 Å². The lowest BCUT2D eigenvalue weighted by atomic mass is 10.2. The van der Waals surface area contributed by atoms with Gasteiger partial charge in [0.2, 0.25) is 11.8 Å². The predicted molar refractivity (Wildman–Crippen MR) is 119 cm³/mol. The number of hydrogen-bond acceptors (Lipinski definition) is 5. The van der Waals surface area contributed by atoms with Gasteiger partial charge in [-0.1, -0.05) is 36.4 Å². The first-order valence-electron chi connectivity index (χ1n) is 10.8. The number of aromatic nitrogens is 3. The molecule has 0 spiro atoms. The Labute approximate surface area is 185 Å². The van der Waals surface area contributed by atoms with Gasteiger partial charge in [-0.05, 0) is 36.8 Å². The smallest absolute Gasteiger partial charge is 0.331 e. The number of nitrogens with one attached hydrogen (secondary N) is 1. The van der Waals surface area contributed by atoms with Gasteiger partial charge in [-0.3, -0.25) is 18.7 Å². The average Bonchev–Trinajstić information content (AvgIpc) is 3.32. The molecule has 8 nitrogen and oxygen atoms in total. The largest absolute Gasteiger partial charge is 0.474 e. The van der Waals surface area contributed by atoms with Crippen molar-refractivity contribution in [2.75, 3.05) is 0 Å². The van der Waals surface area contributed by atoms with Crippen LogP contribution in [0.3, 0.4) is 0 Å². The van der Waals surface area contributed by atoms with Gasteiger partial charge in [-0.15, -0.1) is 0 Å². The summed E-state index contributed by atoms with van der Waals surface area (Å²) in [5, 5.41) is 2.74. The molecule has 0 atom stereocenters. The SMILES string of the molecule is O=C(Cn1c(=O)ccn(Cc2ccccc2)c1=O)NCc1ccc(OC2CCCC2)nc1. The number of pyridine rings is 1. The maximum atomic E-state index is 12.7. The minimum absolute atomic E-state index is 0.239. The molecular weight excluding hydrogens is 408 g/mol. The molecule has 1 aliphatic carbocycles. The molecule has 0 saturated heterocycles. The fourth-order valence-electron chi connectivity index (χ4n) is 3.77. The lowest BCUT2D eigenvalue weighted by molar-refractivity contribution is -0.121. The highest BCUT2D eigenvalue weighted by Crippen LogP contribution is 2.22. The van der Waals surface area contributed by atoms with Crippen molar-refractivity contribution in [2.45, 2.75) is 51.4 Å². The number of hydrogen-bond donors (Lipinski definition) is 1. The lowest BCUT2D eigenvalue weighted by Crippen LogP contribution is -2.43. The maximum absolute atomic E-state index is 12.7. The Morgan fingerprint density at radius 2 is 1.81 bits per heavy atom. The van der Waals surface area contributed by atoms with Crippen LogP contribution < -0.4 is 21.3 Å². The van der Waals surface area contributed by atoms with E-state index in [2.05, 4.69) is 10.3 Å². The van der Waals surface area contributed by atoms with Gasteiger partial charge in [0.05, 0.1) is 6.54 Å². The predicted octanol–water partition coefficient (Wildman–Crippen LogP) is 2.09. The van der Waals surface area contributed by atoms with E-state index in [0.717, 1.165) is 28.5 Å². The van der Waals surface area contributed by atoms with E-state index in [1.54, 1.807) is 12.3 Å². The van der Waals surface area contributed by atoms with Crippen LogP contribution in [0.5, 0.6) is 5.88 Å². The highest BCUT2D eigenvalue weighted by Gasteiger charge is 2.17. The molecule has 2 aromatic heterocycles. The van der Waals surface area contributed by atoms with Crippen molar-refractivity contribution in [3.8, 4) is 5.88 Å². The number of rotatable bonds is 8. The molecule has 0 unspecified atom stereocenters. The summed E-state index contributed by atoms with van der Waals surface area (Å²) in [6.45, 7) is 0.224. The van der Waals surface area contributed by atoms with Crippen molar-refractivity contribution in [1.29, 1.82) is 0 Å². The molecule has 1 amide bonds. The number of carbonyl (C=O) groups is 1. The van der Waals surface area contributed by atoms with Gasteiger partial charge in [0.1, 0.15) is 12.6 Å². The second-order valence-electron chi connectivity index (χ2n) is 7.94. The average molecular weight is 434 g/mol. The first-order chi connectivity index (χ1) is 15.6. The lowest BCUT2D eigenvalue weighted by Gasteiger charge is -2.12. The zero-order valence-corrected chi connectivity index (χ0v) is 17.8. The standard InChI is InChI=1S/C24H26N4O4/c29-21(25-14-19-10-11-22(26-15-19)32-20-8-4-5-9-20)17-28-23(30)12-13-27(24(28)31)16-18-6-2-1-3-7-18/h1-3,6-7,10-13,15,20H,4-5,8-9,14,16-17H2,(H,25,29). The highest BCUT2D eigenvalue weighted by atomic mass is 16.5. The van der Waals surface area contributed by atoms with E-state index in [0.29, 0.717) is 12.4 Å². The summed E-state index contributed by atoms with van der Waals surface area (Å²) >= 11 is 0. The Bertz CT molecular complexity index is 1160. The third-order valence-corrected chi connectivity index (χ3v) is 5.51. The Kier molecular flexibility index (Phi) is 6.79. The van der Waals surface area contributed by atoms with E-state index < -0.39 is 17.2 Å². The van der Waals surface area contributed by atoms with E-state index in [-0.39, 0.29) is 19.2 Å². The van der Waals surface area contributed by atoms with Crippen LogP contribution in [0.1, 0.15) is 36.8 Å². The molecule has 0 aliphatic heterocycles. The summed E-state index contributed by atoms with van der Waals surface area (Å²) in [5.41, 5.74) is 0.701. The highest BCUT2D eigenvalue weighted by molar-refractivity contribution is 5.75. The molecule has 0 radical (unpaired) electrons. The Morgan fingerprint density at radius 1 is 1.03 bits per heavy atom. The van der Waals surface area contributed by atoms with Gasteiger partial charge >= 0.3 is 5.69 Å². The number of benzene rings is 1. The van der Waals surface area contributed by atoms with Gasteiger partial charge < -0.3 is 10.1 Å². The van der Waals surface area contributed by atoms with Gasteiger partial charge in [0, 0.05) is 31.1 Å². The van der Waals surface area contributed by atoms with Crippen molar-refractivity contribution in [1.82, 2.24) is 19.4 Å². The van der Waals surface area contributed by atoms with Crippen LogP contribution in [0.4, 0.5) is 0 Å². The summed E-state index contributed by atoms with van der Waals surface area (Å²) in [6, 6.07) is 14.4. The third-order valence-electron chi connectivity index (χ3n) is 5.51. The molecule has 8 heteroatoms. The fourth-order valence-corrected chi connectivity index (χ4v) is 3.77. The van der Waals surface area contributed by atoms with Crippen LogP contribution in [-0.4, -0.2) is 26.1 Å². The van der Waals surface area contributed by atoms with Crippen LogP contribution in [0.25, 0.3) is 0 Å². The molecule has 166 valence electrons. The van der Waals surface area contributed by atoms with Crippen LogP contribution in [0.15, 0.2) is 70.5 Å². The van der Waals surface area contributed by atoms with Crippen LogP contribution in [0.2, 0.25) is 0 Å². The minimum Gasteiger partial charge on any atom is -0.474 e. The van der Waals surface area contributed by atoms with Crippen LogP contribution in [-0.2, 0) is 24.4 Å². The third kappa shape index (κ3) is 5.51. The van der Waals surface area contributed by atoms with E-state index in [1.807, 2.05) is 36.4 Å². The van der Waals surface area contributed by atoms with Gasteiger partial charge in [-0.2, -0.15) is 0 Å². The monoisotopic (exact) mass is 434 g/mol.